The van der Waals surface area contributed by atoms with Crippen molar-refractivity contribution in [2.45, 2.75) is 19.9 Å². The summed E-state index contributed by atoms with van der Waals surface area (Å²) in [5, 5.41) is 8.49. The summed E-state index contributed by atoms with van der Waals surface area (Å²) in [6.07, 6.45) is 4.71. The molecule has 0 unspecified atom stereocenters. The van der Waals surface area contributed by atoms with Gasteiger partial charge in [-0.15, -0.1) is 11.3 Å². The number of thiophene rings is 1. The van der Waals surface area contributed by atoms with Crippen LogP contribution in [0.1, 0.15) is 21.7 Å². The lowest BCUT2D eigenvalue weighted by atomic mass is 10.1. The average molecular weight is 411 g/mol. The minimum absolute atomic E-state index is 0.0108. The zero-order chi connectivity index (χ0) is 20.1. The number of nitrogens with zero attached hydrogens (tertiary/aromatic N) is 3. The third-order valence-electron chi connectivity index (χ3n) is 4.93. The van der Waals surface area contributed by atoms with Crippen LogP contribution in [0.25, 0.3) is 11.1 Å². The molecule has 0 bridgehead atoms. The molecule has 1 aromatic carbocycles. The number of ether oxygens (including phenoxy) is 1. The zero-order valence-electron chi connectivity index (χ0n) is 16.6. The lowest BCUT2D eigenvalue weighted by Gasteiger charge is -2.28. The molecule has 4 rings (SSSR count). The summed E-state index contributed by atoms with van der Waals surface area (Å²) in [6.45, 7) is 6.60. The van der Waals surface area contributed by atoms with Crippen LogP contribution in [-0.4, -0.2) is 48.5 Å². The zero-order valence-corrected chi connectivity index (χ0v) is 17.5. The van der Waals surface area contributed by atoms with E-state index in [2.05, 4.69) is 27.4 Å². The van der Waals surface area contributed by atoms with Crippen LogP contribution in [0.2, 0.25) is 0 Å². The SMILES string of the molecule is Cc1cnn(CCCNC(=O)c2cc(-c3ccccc3)c(N3CCOCC3)s2)c1. The van der Waals surface area contributed by atoms with Crippen LogP contribution in [0, 0.1) is 6.92 Å². The van der Waals surface area contributed by atoms with E-state index < -0.39 is 0 Å². The van der Waals surface area contributed by atoms with Crippen molar-refractivity contribution in [3.05, 3.63) is 59.2 Å². The number of rotatable bonds is 7. The van der Waals surface area contributed by atoms with Crippen molar-refractivity contribution in [1.82, 2.24) is 15.1 Å². The fourth-order valence-electron chi connectivity index (χ4n) is 3.44. The molecule has 7 heteroatoms. The van der Waals surface area contributed by atoms with Crippen molar-refractivity contribution in [2.75, 3.05) is 37.7 Å². The molecular formula is C22H26N4O2S. The molecule has 1 amide bonds. The topological polar surface area (TPSA) is 59.4 Å². The molecule has 1 N–H and O–H groups in total. The van der Waals surface area contributed by atoms with Gasteiger partial charge in [-0.1, -0.05) is 30.3 Å². The highest BCUT2D eigenvalue weighted by Crippen LogP contribution is 2.39. The number of hydrogen-bond acceptors (Lipinski definition) is 5. The van der Waals surface area contributed by atoms with Gasteiger partial charge in [0.05, 0.1) is 29.3 Å². The quantitative estimate of drug-likeness (QED) is 0.605. The number of carbonyl (C=O) groups excluding carboxylic acids is 1. The van der Waals surface area contributed by atoms with Gasteiger partial charge in [0.2, 0.25) is 0 Å². The molecule has 2 aromatic heterocycles. The second-order valence-electron chi connectivity index (χ2n) is 7.19. The molecule has 0 atom stereocenters. The largest absolute Gasteiger partial charge is 0.378 e. The van der Waals surface area contributed by atoms with Crippen molar-refractivity contribution in [1.29, 1.82) is 0 Å². The normalized spacial score (nSPS) is 14.2. The van der Waals surface area contributed by atoms with Gasteiger partial charge >= 0.3 is 0 Å². The first-order valence-corrected chi connectivity index (χ1v) is 10.8. The highest BCUT2D eigenvalue weighted by atomic mass is 32.1. The number of morpholine rings is 1. The minimum atomic E-state index is -0.0108. The Balaban J connectivity index is 1.44. The lowest BCUT2D eigenvalue weighted by molar-refractivity contribution is 0.0956. The Kier molecular flexibility index (Phi) is 6.27. The summed E-state index contributed by atoms with van der Waals surface area (Å²) in [5.41, 5.74) is 3.41. The molecule has 152 valence electrons. The Morgan fingerprint density at radius 3 is 2.76 bits per heavy atom. The second kappa shape index (κ2) is 9.24. The molecule has 3 heterocycles. The summed E-state index contributed by atoms with van der Waals surface area (Å²) in [6, 6.07) is 12.3. The van der Waals surface area contributed by atoms with Gasteiger partial charge in [0.15, 0.2) is 0 Å². The van der Waals surface area contributed by atoms with Gasteiger partial charge in [-0.05, 0) is 30.5 Å². The van der Waals surface area contributed by atoms with E-state index in [-0.39, 0.29) is 5.91 Å². The number of anilines is 1. The van der Waals surface area contributed by atoms with Crippen molar-refractivity contribution in [3.63, 3.8) is 0 Å². The van der Waals surface area contributed by atoms with E-state index in [0.717, 1.165) is 65.8 Å². The van der Waals surface area contributed by atoms with Gasteiger partial charge in [-0.3, -0.25) is 9.48 Å². The number of nitrogens with one attached hydrogen (secondary N) is 1. The molecule has 0 radical (unpaired) electrons. The van der Waals surface area contributed by atoms with E-state index in [1.54, 1.807) is 11.3 Å². The second-order valence-corrected chi connectivity index (χ2v) is 8.22. The first-order chi connectivity index (χ1) is 14.2. The van der Waals surface area contributed by atoms with Crippen LogP contribution < -0.4 is 10.2 Å². The number of amides is 1. The van der Waals surface area contributed by atoms with Crippen LogP contribution in [0.4, 0.5) is 5.00 Å². The monoisotopic (exact) mass is 410 g/mol. The maximum atomic E-state index is 12.8. The van der Waals surface area contributed by atoms with Crippen molar-refractivity contribution in [2.24, 2.45) is 0 Å². The standard InChI is InChI=1S/C22H26N4O2S/c1-17-15-24-26(16-17)9-5-8-23-21(27)20-14-19(18-6-3-2-4-7-18)22(29-20)25-10-12-28-13-11-25/h2-4,6-7,14-16H,5,8-13H2,1H3,(H,23,27). The predicted molar refractivity (Wildman–Crippen MR) is 117 cm³/mol. The number of aromatic nitrogens is 2. The van der Waals surface area contributed by atoms with Crippen molar-refractivity contribution >= 4 is 22.2 Å². The Morgan fingerprint density at radius 1 is 1.24 bits per heavy atom. The summed E-state index contributed by atoms with van der Waals surface area (Å²) in [4.78, 5) is 15.9. The van der Waals surface area contributed by atoms with Gasteiger partial charge in [-0.2, -0.15) is 5.10 Å². The summed E-state index contributed by atoms with van der Waals surface area (Å²) < 4.78 is 7.41. The molecular weight excluding hydrogens is 384 g/mol. The molecule has 1 fully saturated rings. The number of aryl methyl sites for hydroxylation is 2. The van der Waals surface area contributed by atoms with Crippen LogP contribution in [0.3, 0.4) is 0 Å². The predicted octanol–water partition coefficient (Wildman–Crippen LogP) is 3.58. The first-order valence-electron chi connectivity index (χ1n) is 10.00. The smallest absolute Gasteiger partial charge is 0.261 e. The maximum absolute atomic E-state index is 12.8. The third kappa shape index (κ3) is 4.86. The highest BCUT2D eigenvalue weighted by molar-refractivity contribution is 7.18. The molecule has 0 saturated carbocycles. The molecule has 0 spiro atoms. The maximum Gasteiger partial charge on any atom is 0.261 e. The summed E-state index contributed by atoms with van der Waals surface area (Å²) >= 11 is 1.57. The average Bonchev–Trinajstić information content (AvgIpc) is 3.39. The molecule has 0 aliphatic carbocycles. The van der Waals surface area contributed by atoms with Gasteiger partial charge in [0.25, 0.3) is 5.91 Å². The Morgan fingerprint density at radius 2 is 2.03 bits per heavy atom. The van der Waals surface area contributed by atoms with E-state index in [4.69, 9.17) is 4.74 Å². The third-order valence-corrected chi connectivity index (χ3v) is 6.13. The molecule has 1 aliphatic rings. The van der Waals surface area contributed by atoms with E-state index in [1.807, 2.05) is 48.3 Å². The number of benzene rings is 1. The lowest BCUT2D eigenvalue weighted by Crippen LogP contribution is -2.35. The number of carbonyl (C=O) groups is 1. The van der Waals surface area contributed by atoms with Gasteiger partial charge < -0.3 is 15.0 Å². The van der Waals surface area contributed by atoms with Crippen LogP contribution in [0.5, 0.6) is 0 Å². The van der Waals surface area contributed by atoms with Crippen LogP contribution >= 0.6 is 11.3 Å². The molecule has 1 saturated heterocycles. The fourth-order valence-corrected chi connectivity index (χ4v) is 4.59. The van der Waals surface area contributed by atoms with Crippen molar-refractivity contribution < 1.29 is 9.53 Å². The Bertz CT molecular complexity index is 945. The molecule has 29 heavy (non-hydrogen) atoms. The molecule has 6 nitrogen and oxygen atoms in total. The van der Waals surface area contributed by atoms with Gasteiger partial charge in [0, 0.05) is 37.9 Å². The fraction of sp³-hybridized carbons (Fsp3) is 0.364. The van der Waals surface area contributed by atoms with E-state index >= 15 is 0 Å². The highest BCUT2D eigenvalue weighted by Gasteiger charge is 2.21. The van der Waals surface area contributed by atoms with E-state index in [1.165, 1.54) is 0 Å². The summed E-state index contributed by atoms with van der Waals surface area (Å²) in [5.74, 6) is -0.0108. The van der Waals surface area contributed by atoms with Crippen LogP contribution in [0.15, 0.2) is 48.8 Å². The van der Waals surface area contributed by atoms with E-state index in [0.29, 0.717) is 6.54 Å². The van der Waals surface area contributed by atoms with Gasteiger partial charge in [0.1, 0.15) is 0 Å². The Hall–Kier alpha value is -2.64. The molecule has 3 aromatic rings. The van der Waals surface area contributed by atoms with Gasteiger partial charge in [-0.25, -0.2) is 0 Å². The molecule has 1 aliphatic heterocycles. The minimum Gasteiger partial charge on any atom is -0.378 e. The number of hydrogen-bond donors (Lipinski definition) is 1. The van der Waals surface area contributed by atoms with E-state index in [9.17, 15) is 4.79 Å². The first kappa shape index (κ1) is 19.7. The summed E-state index contributed by atoms with van der Waals surface area (Å²) in [7, 11) is 0. The Labute approximate surface area is 175 Å². The van der Waals surface area contributed by atoms with Crippen LogP contribution in [-0.2, 0) is 11.3 Å². The van der Waals surface area contributed by atoms with Crippen molar-refractivity contribution in [3.8, 4) is 11.1 Å².